The number of H-pyrrole nitrogens is 1. The lowest BCUT2D eigenvalue weighted by Gasteiger charge is -2.45. The molecule has 1 aromatic carbocycles. The average Bonchev–Trinajstić information content (AvgIpc) is 1.58. The van der Waals surface area contributed by atoms with Crippen LogP contribution in [-0.4, -0.2) is 184 Å². The number of methoxy groups -OCH3 is 1. The largest absolute Gasteiger partial charge is 0.506 e. The molecule has 11 N–H and O–H groups in total. The smallest absolute Gasteiger partial charge is 0.355 e. The highest BCUT2D eigenvalue weighted by molar-refractivity contribution is 7.14. The second-order valence-electron chi connectivity index (χ2n) is 23.7. The van der Waals surface area contributed by atoms with E-state index in [1.807, 2.05) is 0 Å². The van der Waals surface area contributed by atoms with Crippen molar-refractivity contribution in [2.75, 3.05) is 20.8 Å². The standard InChI is InChI=1S/C62H58N14O19S5/c1-21(47(63)79)64-48(80)31-18-99-56(70-31)42-35(78)11-26-40(72-42)30-16-97-54(67-30)29-15-92-60(87)41-27-14-90-44(45(61(88)91-13-25-9-8-10-28(65-41)37(25)27)94-36-12-62(5)46(24(4)93-36)76(6)58(95-62)59(85)86)43(57-71-32(19-100-57)49(81)66-29)75-51(83)34-20-98-55(69-34)39(23(3)89-7)74-52(84)38(22(2)77)73-50(82)33-17-96-53(26)68-33/h8-11,16-20,22,24,29,36,38,43-46,58,65,77-78H,1,12-15H2,2-7H3,(H2,63,79)(H,64,80)(H,66,81)(H,73,82)(H,74,84)(H,75,83)(H,85,86)/b39-23+. The molecule has 12 heterocycles. The summed E-state index contributed by atoms with van der Waals surface area (Å²) in [6.45, 7) is 8.03. The monoisotopic (exact) mass is 1460 g/mol. The number of aliphatic hydroxyl groups excluding tert-OH is 1. The number of aliphatic hydroxyl groups is 1. The van der Waals surface area contributed by atoms with Crippen molar-refractivity contribution in [3.63, 3.8) is 0 Å². The Morgan fingerprint density at radius 3 is 2.27 bits per heavy atom. The molecule has 0 saturated carbocycles. The third-order valence-electron chi connectivity index (χ3n) is 17.0. The van der Waals surface area contributed by atoms with Crippen LogP contribution in [0.5, 0.6) is 5.75 Å². The van der Waals surface area contributed by atoms with Crippen LogP contribution >= 0.6 is 56.7 Å². The lowest BCUT2D eigenvalue weighted by atomic mass is 9.86. The average molecular weight is 1460 g/mol. The summed E-state index contributed by atoms with van der Waals surface area (Å²) >= 11 is 4.52. The number of aromatic nitrogens is 7. The number of nitrogens with zero attached hydrogens (tertiary/aromatic N) is 7. The summed E-state index contributed by atoms with van der Waals surface area (Å²) in [7, 11) is 2.89. The second kappa shape index (κ2) is 27.3. The van der Waals surface area contributed by atoms with Crippen LogP contribution in [0.4, 0.5) is 0 Å². The van der Waals surface area contributed by atoms with Gasteiger partial charge in [0.15, 0.2) is 12.4 Å². The molecule has 33 nitrogen and oxygen atoms in total. The molecule has 5 aliphatic rings. The van der Waals surface area contributed by atoms with Crippen LogP contribution in [0, 0.1) is 0 Å². The highest BCUT2D eigenvalue weighted by atomic mass is 32.1. The number of likely N-dealkylation sites (N-methyl/N-ethyl adjacent to an activating group) is 1. The van der Waals surface area contributed by atoms with Gasteiger partial charge in [-0.2, -0.15) is 0 Å². The van der Waals surface area contributed by atoms with E-state index in [2.05, 4.69) is 53.1 Å². The van der Waals surface area contributed by atoms with Crippen molar-refractivity contribution in [2.45, 2.75) is 114 Å². The molecule has 2 saturated heterocycles. The number of carbonyl (C=O) groups is 9. The van der Waals surface area contributed by atoms with Crippen molar-refractivity contribution >= 4 is 127 Å². The van der Waals surface area contributed by atoms with Crippen molar-refractivity contribution in [1.82, 2.24) is 66.4 Å². The van der Waals surface area contributed by atoms with Crippen LogP contribution in [0.3, 0.4) is 0 Å². The van der Waals surface area contributed by atoms with Gasteiger partial charge < -0.3 is 85.8 Å². The van der Waals surface area contributed by atoms with E-state index in [-0.39, 0.29) is 99.6 Å². The van der Waals surface area contributed by atoms with Gasteiger partial charge in [-0.25, -0.2) is 44.3 Å². The number of cyclic esters (lactones) is 2. The number of hydrogen-bond acceptors (Lipinski definition) is 30. The van der Waals surface area contributed by atoms with Crippen LogP contribution in [0.25, 0.3) is 49.3 Å². The number of aromatic hydroxyl groups is 1. The van der Waals surface area contributed by atoms with Gasteiger partial charge in [-0.1, -0.05) is 18.7 Å². The summed E-state index contributed by atoms with van der Waals surface area (Å²) in [5.74, 6) is -9.27. The Labute approximate surface area is 584 Å². The third-order valence-corrected chi connectivity index (χ3v) is 21.5. The van der Waals surface area contributed by atoms with Crippen LogP contribution in [-0.2, 0) is 65.5 Å². The van der Waals surface area contributed by atoms with Crippen LogP contribution in [0.2, 0.25) is 0 Å². The van der Waals surface area contributed by atoms with Gasteiger partial charge in [0.1, 0.15) is 125 Å². The Morgan fingerprint density at radius 1 is 0.850 bits per heavy atom. The van der Waals surface area contributed by atoms with E-state index in [0.29, 0.717) is 16.5 Å². The molecule has 12 bridgehead atoms. The fourth-order valence-corrected chi connectivity index (χ4v) is 16.4. The number of hydrogen-bond donors (Lipinski definition) is 10. The van der Waals surface area contributed by atoms with E-state index < -0.39 is 151 Å². The van der Waals surface area contributed by atoms with Gasteiger partial charge in [0, 0.05) is 55.4 Å². The first-order valence-corrected chi connectivity index (χ1v) is 34.7. The predicted molar refractivity (Wildman–Crippen MR) is 354 cm³/mol. The van der Waals surface area contributed by atoms with Gasteiger partial charge >= 0.3 is 17.9 Å². The first-order chi connectivity index (χ1) is 47.7. The number of fused-ring (bicyclic) bond motifs is 16. The Bertz CT molecular complexity index is 4750. The van der Waals surface area contributed by atoms with Gasteiger partial charge in [0.05, 0.1) is 43.3 Å². The number of carboxylic acids is 1. The Hall–Kier alpha value is -9.87. The maximum Gasteiger partial charge on any atom is 0.355 e. The van der Waals surface area contributed by atoms with Crippen molar-refractivity contribution in [2.24, 2.45) is 5.73 Å². The number of primary amides is 1. The number of rotatable bonds is 9. The SMILES string of the molecule is C=C(NC(=O)c1csc(-c2nc3c(cc2O)-c2nc(cs2)C(=O)NC(C(C)O)C(=O)N/C(=C(\C)OC)c2nc(cs2)C(=O)NC2c4nc(cs4)C(=O)NC(COC(=O)c4[nH]c5cccc6c5c4COC2C(OC2CC4(C)OC(C(=O)O)N(C)C4C(C)O2)C(=O)OC6)c2nc-3cs2)n1)C(N)=O. The van der Waals surface area contributed by atoms with E-state index in [0.717, 1.165) is 56.7 Å². The maximum atomic E-state index is 15.2. The molecular formula is C62H58N14O19S5. The number of allylic oxidation sites excluding steroid dienone is 1. The fraction of sp³-hybridized carbons (Fsp3) is 0.339. The maximum absolute atomic E-state index is 15.2. The summed E-state index contributed by atoms with van der Waals surface area (Å²) in [6, 6.07) is 1.02. The molecule has 11 unspecified atom stereocenters. The number of pyridine rings is 1. The zero-order chi connectivity index (χ0) is 70.9. The molecule has 100 heavy (non-hydrogen) atoms. The van der Waals surface area contributed by atoms with Gasteiger partial charge in [-0.3, -0.25) is 33.7 Å². The molecule has 13 rings (SSSR count). The number of nitrogens with two attached hydrogens (primary N) is 1. The molecule has 11 atom stereocenters. The number of benzene rings is 1. The molecule has 7 aromatic heterocycles. The topological polar surface area (TPSA) is 461 Å². The molecule has 520 valence electrons. The van der Waals surface area contributed by atoms with Gasteiger partial charge in [0.2, 0.25) is 12.1 Å². The summed E-state index contributed by atoms with van der Waals surface area (Å²) in [6.07, 6.45) is -8.92. The number of carbonyl (C=O) groups excluding carboxylic acids is 8. The highest BCUT2D eigenvalue weighted by Crippen LogP contribution is 2.45. The van der Waals surface area contributed by atoms with Gasteiger partial charge in [0.25, 0.3) is 29.5 Å². The normalized spacial score (nSPS) is 25.2. The molecule has 8 aromatic rings. The fourth-order valence-electron chi connectivity index (χ4n) is 12.2. The quantitative estimate of drug-likeness (QED) is 0.0554. The van der Waals surface area contributed by atoms with Crippen LogP contribution in [0.1, 0.15) is 125 Å². The molecule has 38 heteroatoms. The minimum Gasteiger partial charge on any atom is -0.506 e. The number of aliphatic carboxylic acids is 1. The Kier molecular flexibility index (Phi) is 18.8. The molecule has 0 radical (unpaired) electrons. The lowest BCUT2D eigenvalue weighted by Crippen LogP contribution is -2.59. The van der Waals surface area contributed by atoms with E-state index >= 15 is 9.59 Å². The van der Waals surface area contributed by atoms with E-state index in [9.17, 15) is 48.9 Å². The van der Waals surface area contributed by atoms with E-state index in [1.54, 1.807) is 39.1 Å². The molecule has 0 spiro atoms. The Morgan fingerprint density at radius 2 is 1.53 bits per heavy atom. The molecule has 0 aliphatic carbocycles. The van der Waals surface area contributed by atoms with Crippen molar-refractivity contribution in [3.05, 3.63) is 124 Å². The van der Waals surface area contributed by atoms with E-state index in [1.165, 1.54) is 58.8 Å². The number of nitrogens with one attached hydrogen (secondary N) is 6. The number of esters is 2. The molecule has 6 amide bonds. The van der Waals surface area contributed by atoms with Crippen molar-refractivity contribution in [1.29, 1.82) is 0 Å². The molecule has 5 aliphatic heterocycles. The number of aromatic amines is 1. The summed E-state index contributed by atoms with van der Waals surface area (Å²) in [4.78, 5) is 159. The summed E-state index contributed by atoms with van der Waals surface area (Å²) in [5, 5.41) is 53.8. The highest BCUT2D eigenvalue weighted by Gasteiger charge is 2.59. The first-order valence-electron chi connectivity index (χ1n) is 30.3. The van der Waals surface area contributed by atoms with Crippen LogP contribution < -0.4 is 32.3 Å². The molecule has 2 fully saturated rings. The van der Waals surface area contributed by atoms with Crippen LogP contribution in [0.15, 0.2) is 69.2 Å². The number of carboxylic acid groups (broad SMARTS) is 1. The second-order valence-corrected chi connectivity index (χ2v) is 28.0. The number of thiazole rings is 5. The molecular weight excluding hydrogens is 1410 g/mol. The van der Waals surface area contributed by atoms with Gasteiger partial charge in [-0.05, 0) is 52.4 Å². The first kappa shape index (κ1) is 68.6. The third kappa shape index (κ3) is 13.1. The minimum atomic E-state index is -1.91. The van der Waals surface area contributed by atoms with Crippen molar-refractivity contribution in [3.8, 4) is 38.4 Å². The number of amides is 6. The van der Waals surface area contributed by atoms with E-state index in [4.69, 9.17) is 53.8 Å². The van der Waals surface area contributed by atoms with Gasteiger partial charge in [-0.15, -0.1) is 56.7 Å². The summed E-state index contributed by atoms with van der Waals surface area (Å²) < 4.78 is 44.2. The number of ether oxygens (including phenoxy) is 7. The zero-order valence-electron chi connectivity index (χ0n) is 53.1. The Balaban J connectivity index is 0.972. The zero-order valence-corrected chi connectivity index (χ0v) is 57.2. The predicted octanol–water partition coefficient (Wildman–Crippen LogP) is 4.00. The lowest BCUT2D eigenvalue weighted by molar-refractivity contribution is -0.269. The summed E-state index contributed by atoms with van der Waals surface area (Å²) in [5.41, 5.74) is 3.32. The minimum absolute atomic E-state index is 0.00326. The van der Waals surface area contributed by atoms with Crippen molar-refractivity contribution < 1.29 is 91.6 Å².